The summed E-state index contributed by atoms with van der Waals surface area (Å²) in [6.45, 7) is 5.68. The highest BCUT2D eigenvalue weighted by Crippen LogP contribution is 2.57. The first kappa shape index (κ1) is 26.7. The van der Waals surface area contributed by atoms with Crippen LogP contribution in [0.25, 0.3) is 10.9 Å². The molecule has 2 aliphatic rings. The summed E-state index contributed by atoms with van der Waals surface area (Å²) in [4.78, 5) is 55.8. The van der Waals surface area contributed by atoms with Gasteiger partial charge in [-0.25, -0.2) is 0 Å². The minimum Gasteiger partial charge on any atom is -0.507 e. The van der Waals surface area contributed by atoms with Gasteiger partial charge >= 0.3 is 0 Å². The molecule has 1 aromatic heterocycles. The van der Waals surface area contributed by atoms with Gasteiger partial charge in [-0.3, -0.25) is 19.2 Å². The van der Waals surface area contributed by atoms with Crippen LogP contribution < -0.4 is 15.4 Å². The number of rotatable bonds is 6. The maximum absolute atomic E-state index is 14.1. The van der Waals surface area contributed by atoms with Crippen molar-refractivity contribution in [2.75, 3.05) is 7.05 Å². The second-order valence-electron chi connectivity index (χ2n) is 10.3. The molecule has 2 atom stereocenters. The number of fused-ring (bicyclic) bond motifs is 4. The van der Waals surface area contributed by atoms with Crippen LogP contribution in [-0.4, -0.2) is 51.5 Å². The zero-order valence-electron chi connectivity index (χ0n) is 22.7. The zero-order chi connectivity index (χ0) is 29.1. The van der Waals surface area contributed by atoms with Gasteiger partial charge in [-0.2, -0.15) is 0 Å². The third-order valence-corrected chi connectivity index (χ3v) is 7.81. The van der Waals surface area contributed by atoms with Crippen molar-refractivity contribution >= 4 is 34.2 Å². The molecule has 1 amide bonds. The zero-order valence-corrected chi connectivity index (χ0v) is 22.7. The molecule has 0 radical (unpaired) electrons. The van der Waals surface area contributed by atoms with Gasteiger partial charge in [0.25, 0.3) is 0 Å². The summed E-state index contributed by atoms with van der Waals surface area (Å²) in [5, 5.41) is 28.2. The number of carbonyl (C=O) groups is 4. The third-order valence-electron chi connectivity index (χ3n) is 7.81. The molecule has 2 heterocycles. The van der Waals surface area contributed by atoms with Gasteiger partial charge in [0.1, 0.15) is 40.0 Å². The highest BCUT2D eigenvalue weighted by molar-refractivity contribution is 6.31. The third kappa shape index (κ3) is 3.78. The maximum Gasteiger partial charge on any atom is 0.242 e. The minimum atomic E-state index is -1.65. The van der Waals surface area contributed by atoms with Gasteiger partial charge < -0.3 is 30.6 Å². The van der Waals surface area contributed by atoms with Gasteiger partial charge in [0.05, 0.1) is 11.1 Å². The van der Waals surface area contributed by atoms with Gasteiger partial charge in [0, 0.05) is 47.9 Å². The second-order valence-corrected chi connectivity index (χ2v) is 10.3. The summed E-state index contributed by atoms with van der Waals surface area (Å²) >= 11 is 0. The normalized spacial score (nSPS) is 19.9. The lowest BCUT2D eigenvalue weighted by atomic mass is 9.70. The Morgan fingerprint density at radius 2 is 1.82 bits per heavy atom. The summed E-state index contributed by atoms with van der Waals surface area (Å²) in [7, 11) is 1.50. The smallest absolute Gasteiger partial charge is 0.242 e. The summed E-state index contributed by atoms with van der Waals surface area (Å²) in [6, 6.07) is 6.84. The van der Waals surface area contributed by atoms with E-state index in [1.807, 2.05) is 30.5 Å². The lowest BCUT2D eigenvalue weighted by molar-refractivity contribution is -0.124. The number of benzene rings is 2. The molecule has 3 aromatic rings. The van der Waals surface area contributed by atoms with Gasteiger partial charge in [0.2, 0.25) is 5.91 Å². The number of aromatic nitrogens is 1. The number of H-pyrrole nitrogens is 1. The molecule has 1 aliphatic heterocycles. The van der Waals surface area contributed by atoms with Crippen molar-refractivity contribution in [2.45, 2.75) is 45.6 Å². The Morgan fingerprint density at radius 3 is 2.50 bits per heavy atom. The van der Waals surface area contributed by atoms with Gasteiger partial charge in [-0.1, -0.05) is 18.2 Å². The lowest BCUT2D eigenvalue weighted by Gasteiger charge is -2.29. The first-order valence-electron chi connectivity index (χ1n) is 12.7. The molecular weight excluding hydrogens is 514 g/mol. The number of aromatic hydroxyl groups is 2. The Balaban J connectivity index is 1.58. The summed E-state index contributed by atoms with van der Waals surface area (Å²) in [5.74, 6) is -3.26. The predicted octanol–water partition coefficient (Wildman–Crippen LogP) is 3.00. The number of allylic oxidation sites excluding steroid dienone is 4. The molecule has 10 heteroatoms. The molecule has 0 unspecified atom stereocenters. The van der Waals surface area contributed by atoms with Crippen LogP contribution in [0.5, 0.6) is 17.2 Å². The van der Waals surface area contributed by atoms with Crippen molar-refractivity contribution < 1.29 is 34.1 Å². The van der Waals surface area contributed by atoms with Crippen LogP contribution >= 0.6 is 0 Å². The molecule has 0 bridgehead atoms. The Morgan fingerprint density at radius 1 is 1.12 bits per heavy atom. The molecule has 10 nitrogen and oxygen atoms in total. The molecule has 2 aromatic carbocycles. The maximum atomic E-state index is 14.1. The van der Waals surface area contributed by atoms with Gasteiger partial charge in [-0.15, -0.1) is 0 Å². The van der Waals surface area contributed by atoms with Gasteiger partial charge in [0.15, 0.2) is 17.3 Å². The van der Waals surface area contributed by atoms with E-state index in [1.165, 1.54) is 34.7 Å². The second kappa shape index (κ2) is 9.41. The highest BCUT2D eigenvalue weighted by atomic mass is 16.5. The number of phenolic OH excluding ortho intramolecular Hbond substituents is 2. The minimum absolute atomic E-state index is 0.00342. The molecule has 0 fully saturated rings. The first-order chi connectivity index (χ1) is 18.9. The van der Waals surface area contributed by atoms with Crippen molar-refractivity contribution in [2.24, 2.45) is 0 Å². The fourth-order valence-electron chi connectivity index (χ4n) is 5.60. The fraction of sp³-hybridized carbons (Fsp3) is 0.267. The number of ketones is 3. The van der Waals surface area contributed by atoms with E-state index in [9.17, 15) is 29.4 Å². The number of hydrogen-bond donors (Lipinski definition) is 5. The molecule has 0 saturated heterocycles. The van der Waals surface area contributed by atoms with Crippen molar-refractivity contribution in [1.82, 2.24) is 15.6 Å². The summed E-state index contributed by atoms with van der Waals surface area (Å²) in [5.41, 5.74) is -0.0473. The Bertz CT molecular complexity index is 1710. The van der Waals surface area contributed by atoms with Crippen LogP contribution in [0.2, 0.25) is 0 Å². The number of aromatic amines is 1. The Labute approximate surface area is 229 Å². The largest absolute Gasteiger partial charge is 0.507 e. The van der Waals surface area contributed by atoms with Crippen molar-refractivity contribution in [3.63, 3.8) is 0 Å². The van der Waals surface area contributed by atoms with Crippen molar-refractivity contribution in [1.29, 1.82) is 0 Å². The van der Waals surface area contributed by atoms with E-state index in [0.29, 0.717) is 0 Å². The molecule has 1 aliphatic carbocycles. The monoisotopic (exact) mass is 543 g/mol. The number of phenols is 2. The number of nitrogens with one attached hydrogen (secondary N) is 3. The lowest BCUT2D eigenvalue weighted by Crippen LogP contribution is -2.46. The van der Waals surface area contributed by atoms with Crippen LogP contribution in [0, 0.1) is 6.92 Å². The number of likely N-dealkylation sites (N-methyl/N-ethyl adjacent to an activating group) is 1. The van der Waals surface area contributed by atoms with E-state index in [2.05, 4.69) is 15.6 Å². The molecule has 0 spiro atoms. The van der Waals surface area contributed by atoms with Crippen LogP contribution in [0.3, 0.4) is 0 Å². The van der Waals surface area contributed by atoms with Crippen LogP contribution in [0.4, 0.5) is 0 Å². The molecule has 40 heavy (non-hydrogen) atoms. The Hall–Kier alpha value is -4.86. The van der Waals surface area contributed by atoms with Crippen molar-refractivity contribution in [3.8, 4) is 17.2 Å². The number of Topliss-reactive ketones (excluding diaryl/α,β-unsaturated/α-hetero) is 2. The number of hydrogen-bond acceptors (Lipinski definition) is 8. The number of para-hydroxylation sites is 1. The average Bonchev–Trinajstić information content (AvgIpc) is 3.45. The van der Waals surface area contributed by atoms with E-state index >= 15 is 0 Å². The SMILES string of the molecule is CNC(=O)[C@@H](Cc1c[nH]c2ccccc12)N/C(C)=C1\C(=O)C=C2Oc3c(C(C)=O)c(O)c(C)c(O)c3[C@@]2(C)C1=O. The van der Waals surface area contributed by atoms with Crippen LogP contribution in [0.15, 0.2) is 53.6 Å². The predicted molar refractivity (Wildman–Crippen MR) is 146 cm³/mol. The molecule has 0 saturated carbocycles. The van der Waals surface area contributed by atoms with E-state index < -0.39 is 40.3 Å². The number of ether oxygens (including phenoxy) is 1. The van der Waals surface area contributed by atoms with Gasteiger partial charge in [-0.05, 0) is 39.3 Å². The highest BCUT2D eigenvalue weighted by Gasteiger charge is 2.56. The Kier molecular flexibility index (Phi) is 6.29. The quantitative estimate of drug-likeness (QED) is 0.180. The van der Waals surface area contributed by atoms with E-state index in [-0.39, 0.29) is 51.8 Å². The van der Waals surface area contributed by atoms with E-state index in [0.717, 1.165) is 22.5 Å². The molecule has 5 N–H and O–H groups in total. The molecule has 206 valence electrons. The topological polar surface area (TPSA) is 158 Å². The van der Waals surface area contributed by atoms with Crippen LogP contribution in [0.1, 0.15) is 47.8 Å². The number of carbonyl (C=O) groups excluding carboxylic acids is 4. The molecular formula is C30H29N3O7. The fourth-order valence-corrected chi connectivity index (χ4v) is 5.60. The first-order valence-corrected chi connectivity index (χ1v) is 12.7. The standard InChI is InChI=1S/C30H29N3O7/c1-13-25(36)23(15(3)34)27-24(26(13)37)30(4)21(40-27)11-20(35)22(28(30)38)14(2)33-19(29(39)31-5)10-16-12-32-18-9-7-6-8-17(16)18/h6-9,11-12,19,32-33,36-37H,10H2,1-5H3,(H,31,39)/b22-14+/t19-,30+/m1/s1. The van der Waals surface area contributed by atoms with Crippen molar-refractivity contribution in [3.05, 3.63) is 75.8 Å². The average molecular weight is 544 g/mol. The van der Waals surface area contributed by atoms with E-state index in [4.69, 9.17) is 4.74 Å². The van der Waals surface area contributed by atoms with Crippen LogP contribution in [-0.2, 0) is 26.2 Å². The molecule has 5 rings (SSSR count). The summed E-state index contributed by atoms with van der Waals surface area (Å²) in [6.07, 6.45) is 3.23. The van der Waals surface area contributed by atoms with E-state index in [1.54, 1.807) is 0 Å². The number of amides is 1. The summed E-state index contributed by atoms with van der Waals surface area (Å²) < 4.78 is 5.81.